The van der Waals surface area contributed by atoms with Crippen LogP contribution >= 0.6 is 23.2 Å². The molecule has 1 unspecified atom stereocenters. The third-order valence-electron chi connectivity index (χ3n) is 3.63. The van der Waals surface area contributed by atoms with Crippen molar-refractivity contribution < 1.29 is 9.53 Å². The first kappa shape index (κ1) is 13.7. The predicted molar refractivity (Wildman–Crippen MR) is 73.2 cm³/mol. The van der Waals surface area contributed by atoms with Gasteiger partial charge in [0.15, 0.2) is 0 Å². The molecule has 1 atom stereocenters. The summed E-state index contributed by atoms with van der Waals surface area (Å²) in [5.41, 5.74) is 0.892. The molecule has 1 aromatic rings. The van der Waals surface area contributed by atoms with Crippen molar-refractivity contribution in [3.8, 4) is 0 Å². The molecule has 0 aromatic heterocycles. The minimum absolute atomic E-state index is 0.194. The van der Waals surface area contributed by atoms with Gasteiger partial charge in [0, 0.05) is 0 Å². The van der Waals surface area contributed by atoms with E-state index in [0.717, 1.165) is 12.0 Å². The van der Waals surface area contributed by atoms with Crippen LogP contribution in [-0.4, -0.2) is 13.1 Å². The maximum Gasteiger partial charge on any atom is 0.313 e. The standard InChI is InChI=1S/C14H16Cl2O2/c1-18-14(17)11(7-9-3-2-4-9)10-5-6-12(15)13(16)8-10/h5-6,8-9,11H,2-4,7H2,1H3. The second kappa shape index (κ2) is 5.94. The van der Waals surface area contributed by atoms with Crippen LogP contribution in [-0.2, 0) is 9.53 Å². The lowest BCUT2D eigenvalue weighted by atomic mass is 9.77. The molecule has 1 saturated carbocycles. The van der Waals surface area contributed by atoms with Gasteiger partial charge < -0.3 is 4.74 Å². The molecule has 2 nitrogen and oxygen atoms in total. The molecular weight excluding hydrogens is 271 g/mol. The molecule has 98 valence electrons. The van der Waals surface area contributed by atoms with Gasteiger partial charge in [-0.05, 0) is 30.0 Å². The molecule has 0 aliphatic heterocycles. The number of rotatable bonds is 4. The first-order chi connectivity index (χ1) is 8.61. The van der Waals surface area contributed by atoms with Gasteiger partial charge in [0.2, 0.25) is 0 Å². The van der Waals surface area contributed by atoms with Crippen molar-refractivity contribution in [1.29, 1.82) is 0 Å². The Morgan fingerprint density at radius 2 is 2.11 bits per heavy atom. The minimum Gasteiger partial charge on any atom is -0.469 e. The molecule has 0 bridgehead atoms. The highest BCUT2D eigenvalue weighted by Crippen LogP contribution is 2.37. The smallest absolute Gasteiger partial charge is 0.313 e. The zero-order valence-electron chi connectivity index (χ0n) is 10.3. The fourth-order valence-electron chi connectivity index (χ4n) is 2.30. The molecule has 1 aromatic carbocycles. The molecule has 0 heterocycles. The van der Waals surface area contributed by atoms with E-state index in [0.29, 0.717) is 16.0 Å². The highest BCUT2D eigenvalue weighted by molar-refractivity contribution is 6.42. The third kappa shape index (κ3) is 2.99. The van der Waals surface area contributed by atoms with Crippen molar-refractivity contribution in [2.45, 2.75) is 31.6 Å². The van der Waals surface area contributed by atoms with Crippen molar-refractivity contribution in [3.63, 3.8) is 0 Å². The van der Waals surface area contributed by atoms with Crippen LogP contribution < -0.4 is 0 Å². The van der Waals surface area contributed by atoms with Gasteiger partial charge in [-0.15, -0.1) is 0 Å². The highest BCUT2D eigenvalue weighted by Gasteiger charge is 2.28. The normalized spacial score (nSPS) is 17.1. The third-order valence-corrected chi connectivity index (χ3v) is 4.36. The predicted octanol–water partition coefficient (Wildman–Crippen LogP) is 4.44. The van der Waals surface area contributed by atoms with Crippen molar-refractivity contribution in [1.82, 2.24) is 0 Å². The number of ether oxygens (including phenoxy) is 1. The Bertz CT molecular complexity index is 441. The lowest BCUT2D eigenvalue weighted by Crippen LogP contribution is -2.21. The molecule has 0 spiro atoms. The number of hydrogen-bond acceptors (Lipinski definition) is 2. The molecule has 18 heavy (non-hydrogen) atoms. The zero-order chi connectivity index (χ0) is 13.1. The van der Waals surface area contributed by atoms with Crippen LogP contribution in [0.15, 0.2) is 18.2 Å². The van der Waals surface area contributed by atoms with Gasteiger partial charge in [-0.25, -0.2) is 0 Å². The number of methoxy groups -OCH3 is 1. The monoisotopic (exact) mass is 286 g/mol. The molecule has 1 fully saturated rings. The maximum absolute atomic E-state index is 11.9. The van der Waals surface area contributed by atoms with Crippen molar-refractivity contribution in [2.75, 3.05) is 7.11 Å². The average Bonchev–Trinajstić information content (AvgIpc) is 2.31. The molecule has 0 N–H and O–H groups in total. The fraction of sp³-hybridized carbons (Fsp3) is 0.500. The van der Waals surface area contributed by atoms with Crippen LogP contribution in [0.5, 0.6) is 0 Å². The van der Waals surface area contributed by atoms with Crippen LogP contribution in [0.3, 0.4) is 0 Å². The van der Waals surface area contributed by atoms with Gasteiger partial charge in [0.05, 0.1) is 23.1 Å². The Morgan fingerprint density at radius 1 is 1.39 bits per heavy atom. The van der Waals surface area contributed by atoms with Crippen LogP contribution in [0.1, 0.15) is 37.2 Å². The molecule has 1 aliphatic carbocycles. The lowest BCUT2D eigenvalue weighted by Gasteiger charge is -2.28. The average molecular weight is 287 g/mol. The molecule has 0 radical (unpaired) electrons. The molecule has 2 rings (SSSR count). The number of carbonyl (C=O) groups is 1. The quantitative estimate of drug-likeness (QED) is 0.765. The Labute approximate surface area is 117 Å². The molecule has 0 amide bonds. The van der Waals surface area contributed by atoms with Crippen molar-refractivity contribution in [3.05, 3.63) is 33.8 Å². The van der Waals surface area contributed by atoms with Gasteiger partial charge in [-0.2, -0.15) is 0 Å². The Hall–Kier alpha value is -0.730. The summed E-state index contributed by atoms with van der Waals surface area (Å²) in [4.78, 5) is 11.9. The van der Waals surface area contributed by atoms with Crippen LogP contribution in [0.2, 0.25) is 10.0 Å². The van der Waals surface area contributed by atoms with E-state index in [1.54, 1.807) is 12.1 Å². The number of halogens is 2. The summed E-state index contributed by atoms with van der Waals surface area (Å²) in [6.45, 7) is 0. The highest BCUT2D eigenvalue weighted by atomic mass is 35.5. The van der Waals surface area contributed by atoms with E-state index < -0.39 is 0 Å². The summed E-state index contributed by atoms with van der Waals surface area (Å²) in [5, 5.41) is 0.990. The first-order valence-corrected chi connectivity index (χ1v) is 6.90. The van der Waals surface area contributed by atoms with Crippen molar-refractivity contribution in [2.24, 2.45) is 5.92 Å². The van der Waals surface area contributed by atoms with E-state index in [2.05, 4.69) is 0 Å². The van der Waals surface area contributed by atoms with Gasteiger partial charge in [-0.1, -0.05) is 48.5 Å². The van der Waals surface area contributed by atoms with Gasteiger partial charge >= 0.3 is 5.97 Å². The second-order valence-corrected chi connectivity index (χ2v) is 5.60. The van der Waals surface area contributed by atoms with Crippen LogP contribution in [0.4, 0.5) is 0 Å². The summed E-state index contributed by atoms with van der Waals surface area (Å²) in [6, 6.07) is 5.36. The van der Waals surface area contributed by atoms with E-state index in [9.17, 15) is 4.79 Å². The largest absolute Gasteiger partial charge is 0.469 e. The van der Waals surface area contributed by atoms with Gasteiger partial charge in [0.1, 0.15) is 0 Å². The molecular formula is C14H16Cl2O2. The number of benzene rings is 1. The summed E-state index contributed by atoms with van der Waals surface area (Å²) < 4.78 is 4.89. The van der Waals surface area contributed by atoms with E-state index in [1.807, 2.05) is 6.07 Å². The van der Waals surface area contributed by atoms with E-state index in [4.69, 9.17) is 27.9 Å². The van der Waals surface area contributed by atoms with Crippen LogP contribution in [0, 0.1) is 5.92 Å². The van der Waals surface area contributed by atoms with E-state index in [1.165, 1.54) is 26.4 Å². The molecule has 0 saturated heterocycles. The minimum atomic E-state index is -0.227. The number of hydrogen-bond donors (Lipinski definition) is 0. The fourth-order valence-corrected chi connectivity index (χ4v) is 2.61. The summed E-state index contributed by atoms with van der Waals surface area (Å²) in [5.74, 6) is 0.207. The second-order valence-electron chi connectivity index (χ2n) is 4.78. The maximum atomic E-state index is 11.9. The lowest BCUT2D eigenvalue weighted by molar-refractivity contribution is -0.143. The summed E-state index contributed by atoms with van der Waals surface area (Å²) >= 11 is 11.9. The van der Waals surface area contributed by atoms with E-state index in [-0.39, 0.29) is 11.9 Å². The Morgan fingerprint density at radius 3 is 2.61 bits per heavy atom. The Balaban J connectivity index is 2.20. The van der Waals surface area contributed by atoms with Crippen molar-refractivity contribution >= 4 is 29.2 Å². The first-order valence-electron chi connectivity index (χ1n) is 6.14. The topological polar surface area (TPSA) is 26.3 Å². The SMILES string of the molecule is COC(=O)C(CC1CCC1)c1ccc(Cl)c(Cl)c1. The molecule has 4 heteroatoms. The van der Waals surface area contributed by atoms with Crippen LogP contribution in [0.25, 0.3) is 0 Å². The number of carbonyl (C=O) groups excluding carboxylic acids is 1. The van der Waals surface area contributed by atoms with Gasteiger partial charge in [-0.3, -0.25) is 4.79 Å². The summed E-state index contributed by atoms with van der Waals surface area (Å²) in [7, 11) is 1.42. The summed E-state index contributed by atoms with van der Waals surface area (Å²) in [6.07, 6.45) is 4.51. The Kier molecular flexibility index (Phi) is 4.52. The zero-order valence-corrected chi connectivity index (χ0v) is 11.8. The van der Waals surface area contributed by atoms with Gasteiger partial charge in [0.25, 0.3) is 0 Å². The number of esters is 1. The molecule has 1 aliphatic rings. The van der Waals surface area contributed by atoms with E-state index >= 15 is 0 Å².